The number of phenolic OH excluding ortho intramolecular Hbond substituents is 1. The Kier molecular flexibility index (Phi) is 5.49. The Morgan fingerprint density at radius 2 is 2.10 bits per heavy atom. The van der Waals surface area contributed by atoms with Crippen LogP contribution >= 0.6 is 0 Å². The summed E-state index contributed by atoms with van der Waals surface area (Å²) in [5.41, 5.74) is 1.92. The Balaban J connectivity index is 1.77. The Morgan fingerprint density at radius 3 is 2.79 bits per heavy atom. The number of aromatic nitrogens is 2. The molecule has 0 aliphatic heterocycles. The van der Waals surface area contributed by atoms with Gasteiger partial charge in [0.1, 0.15) is 0 Å². The summed E-state index contributed by atoms with van der Waals surface area (Å²) in [6.07, 6.45) is 0.889. The molecule has 2 aromatic carbocycles. The minimum absolute atomic E-state index is 0.0102. The summed E-state index contributed by atoms with van der Waals surface area (Å²) in [6.45, 7) is 0. The number of fused-ring (bicyclic) bond motifs is 1. The second kappa shape index (κ2) is 8.17. The summed E-state index contributed by atoms with van der Waals surface area (Å²) in [4.78, 5) is 34.3. The monoisotopic (exact) mass is 397 g/mol. The summed E-state index contributed by atoms with van der Waals surface area (Å²) in [7, 11) is 1.25. The van der Waals surface area contributed by atoms with Crippen molar-refractivity contribution in [3.8, 4) is 11.5 Å². The maximum atomic E-state index is 12.2. The van der Waals surface area contributed by atoms with E-state index in [-0.39, 0.29) is 34.7 Å². The second-order valence-electron chi connectivity index (χ2n) is 5.86. The Hall–Kier alpha value is -4.28. The second-order valence-corrected chi connectivity index (χ2v) is 5.86. The van der Waals surface area contributed by atoms with E-state index >= 15 is 0 Å². The van der Waals surface area contributed by atoms with Crippen LogP contribution in [0.15, 0.2) is 46.3 Å². The predicted octanol–water partition coefficient (Wildman–Crippen LogP) is 1.24. The first-order valence-corrected chi connectivity index (χ1v) is 8.24. The van der Waals surface area contributed by atoms with Crippen molar-refractivity contribution in [1.82, 2.24) is 15.6 Å². The Morgan fingerprint density at radius 1 is 1.38 bits per heavy atom. The van der Waals surface area contributed by atoms with Crippen LogP contribution in [-0.4, -0.2) is 39.5 Å². The number of benzene rings is 2. The van der Waals surface area contributed by atoms with Gasteiger partial charge in [-0.15, -0.1) is 0 Å². The molecule has 0 aliphatic rings. The van der Waals surface area contributed by atoms with Gasteiger partial charge in [0.05, 0.1) is 41.8 Å². The molecular formula is C18H15N5O6. The third-order valence-corrected chi connectivity index (χ3v) is 4.02. The number of non-ortho nitro benzene ring substituents is 1. The molecule has 0 radical (unpaired) electrons. The molecule has 1 amide bonds. The number of hydrogen-bond donors (Lipinski definition) is 3. The molecule has 1 aromatic heterocycles. The summed E-state index contributed by atoms with van der Waals surface area (Å²) in [5.74, 6) is -0.997. The highest BCUT2D eigenvalue weighted by Crippen LogP contribution is 2.33. The quantitative estimate of drug-likeness (QED) is 0.320. The summed E-state index contributed by atoms with van der Waals surface area (Å²) in [6, 6.07) is 8.88. The van der Waals surface area contributed by atoms with Gasteiger partial charge in [0, 0.05) is 17.0 Å². The van der Waals surface area contributed by atoms with Crippen LogP contribution in [0.1, 0.15) is 11.3 Å². The fourth-order valence-corrected chi connectivity index (χ4v) is 2.65. The molecule has 11 heteroatoms. The maximum absolute atomic E-state index is 12.2. The zero-order chi connectivity index (χ0) is 21.0. The smallest absolute Gasteiger partial charge is 0.274 e. The van der Waals surface area contributed by atoms with Gasteiger partial charge in [0.2, 0.25) is 5.91 Å². The lowest BCUT2D eigenvalue weighted by Gasteiger charge is -2.06. The predicted molar refractivity (Wildman–Crippen MR) is 103 cm³/mol. The SMILES string of the molecule is COc1cc([N+](=O)[O-])cc(/C=N/NC(=O)Cc2n[nH]c(=O)c3ccccc23)c1O. The molecule has 0 atom stereocenters. The molecule has 0 saturated carbocycles. The number of hydrogen-bond acceptors (Lipinski definition) is 8. The van der Waals surface area contributed by atoms with Gasteiger partial charge in [0.15, 0.2) is 11.5 Å². The number of phenols is 1. The van der Waals surface area contributed by atoms with Crippen molar-refractivity contribution in [2.45, 2.75) is 6.42 Å². The summed E-state index contributed by atoms with van der Waals surface area (Å²) >= 11 is 0. The first-order valence-electron chi connectivity index (χ1n) is 8.24. The molecule has 11 nitrogen and oxygen atoms in total. The van der Waals surface area contributed by atoms with E-state index in [1.807, 2.05) is 0 Å². The van der Waals surface area contributed by atoms with E-state index in [1.54, 1.807) is 24.3 Å². The molecule has 0 unspecified atom stereocenters. The normalized spacial score (nSPS) is 10.9. The standard InChI is InChI=1S/C18H15N5O6/c1-29-15-7-11(23(27)28)6-10(17(15)25)9-19-21-16(24)8-14-12-4-2-3-5-13(12)18(26)22-20-14/h2-7,9,25H,8H2,1H3,(H,21,24)(H,22,26)/b19-9+. The molecule has 3 N–H and O–H groups in total. The van der Waals surface area contributed by atoms with E-state index < -0.39 is 10.8 Å². The number of carbonyl (C=O) groups is 1. The largest absolute Gasteiger partial charge is 0.504 e. The lowest BCUT2D eigenvalue weighted by Crippen LogP contribution is -2.22. The Labute approximate surface area is 162 Å². The molecule has 0 aliphatic carbocycles. The van der Waals surface area contributed by atoms with Gasteiger partial charge >= 0.3 is 0 Å². The van der Waals surface area contributed by atoms with Crippen molar-refractivity contribution >= 4 is 28.6 Å². The highest BCUT2D eigenvalue weighted by Gasteiger charge is 2.16. The fourth-order valence-electron chi connectivity index (χ4n) is 2.65. The van der Waals surface area contributed by atoms with Crippen LogP contribution in [0, 0.1) is 10.1 Å². The number of nitrogens with zero attached hydrogens (tertiary/aromatic N) is 3. The van der Waals surface area contributed by atoms with Crippen molar-refractivity contribution < 1.29 is 19.6 Å². The van der Waals surface area contributed by atoms with Crippen molar-refractivity contribution in [1.29, 1.82) is 0 Å². The first kappa shape index (κ1) is 19.5. The van der Waals surface area contributed by atoms with E-state index in [2.05, 4.69) is 20.7 Å². The van der Waals surface area contributed by atoms with Crippen molar-refractivity contribution in [3.05, 3.63) is 68.1 Å². The van der Waals surface area contributed by atoms with Gasteiger partial charge in [-0.2, -0.15) is 10.2 Å². The summed E-state index contributed by atoms with van der Waals surface area (Å²) in [5, 5.41) is 31.9. The molecule has 0 spiro atoms. The van der Waals surface area contributed by atoms with Crippen molar-refractivity contribution in [2.24, 2.45) is 5.10 Å². The minimum Gasteiger partial charge on any atom is -0.504 e. The number of ether oxygens (including phenoxy) is 1. The molecular weight excluding hydrogens is 382 g/mol. The zero-order valence-electron chi connectivity index (χ0n) is 15.1. The van der Waals surface area contributed by atoms with Gasteiger partial charge in [-0.3, -0.25) is 19.7 Å². The molecule has 29 heavy (non-hydrogen) atoms. The highest BCUT2D eigenvalue weighted by atomic mass is 16.6. The van der Waals surface area contributed by atoms with Gasteiger partial charge < -0.3 is 9.84 Å². The van der Waals surface area contributed by atoms with E-state index in [0.29, 0.717) is 16.5 Å². The van der Waals surface area contributed by atoms with Crippen LogP contribution in [0.5, 0.6) is 11.5 Å². The van der Waals surface area contributed by atoms with Crippen LogP contribution in [-0.2, 0) is 11.2 Å². The van der Waals surface area contributed by atoms with Crippen molar-refractivity contribution in [3.63, 3.8) is 0 Å². The minimum atomic E-state index is -0.648. The average Bonchev–Trinajstić information content (AvgIpc) is 2.71. The zero-order valence-corrected chi connectivity index (χ0v) is 15.1. The number of methoxy groups -OCH3 is 1. The maximum Gasteiger partial charge on any atom is 0.274 e. The van der Waals surface area contributed by atoms with E-state index in [9.17, 15) is 24.8 Å². The van der Waals surface area contributed by atoms with Gasteiger partial charge in [-0.05, 0) is 6.07 Å². The van der Waals surface area contributed by atoms with Gasteiger partial charge in [-0.1, -0.05) is 18.2 Å². The van der Waals surface area contributed by atoms with Gasteiger partial charge in [-0.25, -0.2) is 10.5 Å². The highest BCUT2D eigenvalue weighted by molar-refractivity contribution is 5.90. The number of carbonyl (C=O) groups excluding carboxylic acids is 1. The number of aromatic amines is 1. The number of nitro benzene ring substituents is 1. The lowest BCUT2D eigenvalue weighted by atomic mass is 10.1. The fraction of sp³-hybridized carbons (Fsp3) is 0.111. The van der Waals surface area contributed by atoms with Crippen LogP contribution in [0.25, 0.3) is 10.8 Å². The molecule has 0 fully saturated rings. The lowest BCUT2D eigenvalue weighted by molar-refractivity contribution is -0.385. The first-order chi connectivity index (χ1) is 13.9. The van der Waals surface area contributed by atoms with Crippen LogP contribution in [0.4, 0.5) is 5.69 Å². The molecule has 3 rings (SSSR count). The Bertz CT molecular complexity index is 1190. The molecule has 0 bridgehead atoms. The third kappa shape index (κ3) is 4.18. The number of nitro groups is 1. The van der Waals surface area contributed by atoms with Crippen molar-refractivity contribution in [2.75, 3.05) is 7.11 Å². The number of amides is 1. The topological polar surface area (TPSA) is 160 Å². The summed E-state index contributed by atoms with van der Waals surface area (Å²) < 4.78 is 4.89. The van der Waals surface area contributed by atoms with Crippen LogP contribution in [0.2, 0.25) is 0 Å². The van der Waals surface area contributed by atoms with Crippen LogP contribution < -0.4 is 15.7 Å². The molecule has 0 saturated heterocycles. The average molecular weight is 397 g/mol. The number of aromatic hydroxyl groups is 1. The van der Waals surface area contributed by atoms with E-state index in [0.717, 1.165) is 18.3 Å². The van der Waals surface area contributed by atoms with Gasteiger partial charge in [0.25, 0.3) is 11.2 Å². The van der Waals surface area contributed by atoms with E-state index in [4.69, 9.17) is 4.74 Å². The molecule has 148 valence electrons. The number of nitrogens with one attached hydrogen (secondary N) is 2. The number of hydrazone groups is 1. The molecule has 3 aromatic rings. The number of rotatable bonds is 6. The van der Waals surface area contributed by atoms with E-state index in [1.165, 1.54) is 7.11 Å². The van der Waals surface area contributed by atoms with Crippen LogP contribution in [0.3, 0.4) is 0 Å². The third-order valence-electron chi connectivity index (χ3n) is 4.02. The number of H-pyrrole nitrogens is 1. The molecule has 1 heterocycles.